The Balaban J connectivity index is 1.07. The van der Waals surface area contributed by atoms with Gasteiger partial charge < -0.3 is 24.6 Å². The van der Waals surface area contributed by atoms with Crippen molar-refractivity contribution in [2.45, 2.75) is 101 Å². The van der Waals surface area contributed by atoms with Gasteiger partial charge in [-0.3, -0.25) is 9.69 Å². The SMILES string of the molecule is C[C@@H]1OCC2(CCOCC2)c2cc(F)cc(C(C(=O)O)N(C)[C@H]3CC[C@H](OCCCCc4ccc5c(n4)NCCC5)C3)c21. The molecule has 0 amide bonds. The maximum atomic E-state index is 15.2. The minimum Gasteiger partial charge on any atom is -0.480 e. The quantitative estimate of drug-likeness (QED) is 0.336. The fraction of sp³-hybridized carbons (Fsp3) is 0.647. The number of hydrogen-bond donors (Lipinski definition) is 2. The number of anilines is 1. The van der Waals surface area contributed by atoms with Crippen LogP contribution < -0.4 is 5.32 Å². The van der Waals surface area contributed by atoms with Gasteiger partial charge >= 0.3 is 5.97 Å². The van der Waals surface area contributed by atoms with Crippen LogP contribution in [0.2, 0.25) is 0 Å². The zero-order chi connectivity index (χ0) is 30.0. The predicted molar refractivity (Wildman–Crippen MR) is 162 cm³/mol. The molecule has 8 nitrogen and oxygen atoms in total. The first kappa shape index (κ1) is 30.4. The van der Waals surface area contributed by atoms with Crippen molar-refractivity contribution in [2.24, 2.45) is 0 Å². The number of carboxylic acids is 1. The lowest BCUT2D eigenvalue weighted by Gasteiger charge is -2.45. The summed E-state index contributed by atoms with van der Waals surface area (Å²) in [6.07, 6.45) is 8.96. The Hall–Kier alpha value is -2.59. The third kappa shape index (κ3) is 6.46. The number of aliphatic carboxylic acids is 1. The van der Waals surface area contributed by atoms with E-state index < -0.39 is 12.0 Å². The number of halogens is 1. The van der Waals surface area contributed by atoms with Crippen molar-refractivity contribution in [3.63, 3.8) is 0 Å². The van der Waals surface area contributed by atoms with Crippen molar-refractivity contribution in [1.82, 2.24) is 9.88 Å². The van der Waals surface area contributed by atoms with Gasteiger partial charge in [0, 0.05) is 43.5 Å². The van der Waals surface area contributed by atoms with E-state index in [0.29, 0.717) is 32.0 Å². The van der Waals surface area contributed by atoms with Crippen LogP contribution in [0.1, 0.15) is 98.4 Å². The molecule has 1 saturated carbocycles. The lowest BCUT2D eigenvalue weighted by molar-refractivity contribution is -0.144. The minimum atomic E-state index is -0.968. The number of carbonyl (C=O) groups is 1. The molecule has 2 aromatic rings. The molecule has 1 aromatic heterocycles. The van der Waals surface area contributed by atoms with Crippen LogP contribution >= 0.6 is 0 Å². The largest absolute Gasteiger partial charge is 0.480 e. The number of rotatable bonds is 10. The number of carboxylic acid groups (broad SMARTS) is 1. The molecule has 1 saturated heterocycles. The van der Waals surface area contributed by atoms with Crippen molar-refractivity contribution in [3.05, 3.63) is 58.0 Å². The van der Waals surface area contributed by atoms with Gasteiger partial charge in [0.25, 0.3) is 0 Å². The van der Waals surface area contributed by atoms with Crippen molar-refractivity contribution in [2.75, 3.05) is 45.3 Å². The number of ether oxygens (including phenoxy) is 3. The highest BCUT2D eigenvalue weighted by molar-refractivity contribution is 5.77. The maximum Gasteiger partial charge on any atom is 0.325 e. The third-order valence-electron chi connectivity index (χ3n) is 10.2. The highest BCUT2D eigenvalue weighted by Crippen LogP contribution is 2.47. The van der Waals surface area contributed by atoms with E-state index in [1.165, 1.54) is 11.6 Å². The second-order valence-electron chi connectivity index (χ2n) is 13.0. The summed E-state index contributed by atoms with van der Waals surface area (Å²) in [6, 6.07) is 6.45. The van der Waals surface area contributed by atoms with Crippen LogP contribution in [0.25, 0.3) is 0 Å². The van der Waals surface area contributed by atoms with E-state index in [-0.39, 0.29) is 29.5 Å². The number of unbranched alkanes of at least 4 members (excludes halogenated alkanes) is 1. The average molecular weight is 596 g/mol. The maximum absolute atomic E-state index is 15.2. The van der Waals surface area contributed by atoms with Gasteiger partial charge in [-0.25, -0.2) is 9.37 Å². The summed E-state index contributed by atoms with van der Waals surface area (Å²) < 4.78 is 33.3. The van der Waals surface area contributed by atoms with E-state index in [1.807, 2.05) is 18.9 Å². The molecule has 43 heavy (non-hydrogen) atoms. The van der Waals surface area contributed by atoms with Gasteiger partial charge in [0.05, 0.1) is 18.8 Å². The number of fused-ring (bicyclic) bond motifs is 3. The standard InChI is InChI=1S/C34H46FN3O5/c1-22-30-28(18-24(35)19-29(30)34(21-43-22)12-16-41-17-13-34)31(33(39)40)38(2)26-10-11-27(20-26)42-15-4-3-7-25-9-8-23-6-5-14-36-32(23)37-25/h8-9,18-19,22,26-27,31H,3-7,10-17,20-21H2,1-2H3,(H,36,37)(H,39,40)/t22-,26-,27-,31?/m0/s1. The molecule has 6 rings (SSSR count). The molecule has 234 valence electrons. The molecule has 1 aliphatic carbocycles. The van der Waals surface area contributed by atoms with Crippen LogP contribution in [0.5, 0.6) is 0 Å². The Labute approximate surface area is 254 Å². The first-order chi connectivity index (χ1) is 20.8. The fourth-order valence-corrected chi connectivity index (χ4v) is 7.72. The molecule has 2 N–H and O–H groups in total. The molecular weight excluding hydrogens is 549 g/mol. The molecule has 1 aromatic carbocycles. The highest BCUT2D eigenvalue weighted by Gasteiger charge is 2.45. The zero-order valence-corrected chi connectivity index (χ0v) is 25.6. The number of pyridine rings is 1. The minimum absolute atomic E-state index is 0.0362. The van der Waals surface area contributed by atoms with E-state index >= 15 is 4.39 Å². The van der Waals surface area contributed by atoms with E-state index in [9.17, 15) is 9.90 Å². The number of benzene rings is 1. The van der Waals surface area contributed by atoms with Crippen molar-refractivity contribution >= 4 is 11.8 Å². The predicted octanol–water partition coefficient (Wildman–Crippen LogP) is 5.74. The number of aromatic nitrogens is 1. The first-order valence-electron chi connectivity index (χ1n) is 16.2. The lowest BCUT2D eigenvalue weighted by atomic mass is 9.69. The smallest absolute Gasteiger partial charge is 0.325 e. The molecule has 1 spiro atoms. The Morgan fingerprint density at radius 3 is 2.91 bits per heavy atom. The number of aryl methyl sites for hydroxylation is 2. The van der Waals surface area contributed by atoms with Crippen LogP contribution in [0.15, 0.2) is 24.3 Å². The second kappa shape index (κ2) is 13.2. The second-order valence-corrected chi connectivity index (χ2v) is 13.0. The summed E-state index contributed by atoms with van der Waals surface area (Å²) in [6.45, 7) is 5.32. The first-order valence-corrected chi connectivity index (χ1v) is 16.2. The molecule has 0 bridgehead atoms. The molecule has 4 aliphatic rings. The normalized spacial score (nSPS) is 25.3. The number of nitrogens with one attached hydrogen (secondary N) is 1. The van der Waals surface area contributed by atoms with E-state index in [4.69, 9.17) is 19.2 Å². The molecule has 0 radical (unpaired) electrons. The van der Waals surface area contributed by atoms with Gasteiger partial charge in [0.15, 0.2) is 0 Å². The molecule has 4 atom stereocenters. The van der Waals surface area contributed by atoms with Gasteiger partial charge in [-0.1, -0.05) is 6.07 Å². The molecule has 1 unspecified atom stereocenters. The van der Waals surface area contributed by atoms with Crippen LogP contribution in [-0.4, -0.2) is 73.1 Å². The van der Waals surface area contributed by atoms with Gasteiger partial charge in [-0.15, -0.1) is 0 Å². The van der Waals surface area contributed by atoms with E-state index in [2.05, 4.69) is 17.4 Å². The number of nitrogens with zero attached hydrogens (tertiary/aromatic N) is 2. The van der Waals surface area contributed by atoms with Crippen LogP contribution in [-0.2, 0) is 37.3 Å². The molecular formula is C34H46FN3O5. The number of likely N-dealkylation sites (N-methyl/N-ethyl adjacent to an activating group) is 1. The lowest BCUT2D eigenvalue weighted by Crippen LogP contribution is -2.44. The molecule has 2 fully saturated rings. The molecule has 4 heterocycles. The monoisotopic (exact) mass is 595 g/mol. The molecule has 3 aliphatic heterocycles. The summed E-state index contributed by atoms with van der Waals surface area (Å²) in [5, 5.41) is 13.9. The Bertz CT molecular complexity index is 1300. The van der Waals surface area contributed by atoms with Crippen molar-refractivity contribution in [1.29, 1.82) is 0 Å². The van der Waals surface area contributed by atoms with Crippen molar-refractivity contribution in [3.8, 4) is 0 Å². The molecule has 9 heteroatoms. The van der Waals surface area contributed by atoms with E-state index in [1.54, 1.807) is 6.07 Å². The van der Waals surface area contributed by atoms with Crippen LogP contribution in [0, 0.1) is 5.82 Å². The average Bonchev–Trinajstić information content (AvgIpc) is 3.48. The van der Waals surface area contributed by atoms with Gasteiger partial charge in [-0.05, 0) is 119 Å². The zero-order valence-electron chi connectivity index (χ0n) is 25.6. The highest BCUT2D eigenvalue weighted by atomic mass is 19.1. The summed E-state index contributed by atoms with van der Waals surface area (Å²) in [7, 11) is 1.86. The van der Waals surface area contributed by atoms with Crippen molar-refractivity contribution < 1.29 is 28.5 Å². The van der Waals surface area contributed by atoms with Gasteiger partial charge in [0.2, 0.25) is 0 Å². The summed E-state index contributed by atoms with van der Waals surface area (Å²) in [5.41, 5.74) is 4.35. The Morgan fingerprint density at radius 2 is 2.09 bits per heavy atom. The van der Waals surface area contributed by atoms with Crippen LogP contribution in [0.3, 0.4) is 0 Å². The Kier molecular flexibility index (Phi) is 9.33. The summed E-state index contributed by atoms with van der Waals surface area (Å²) in [4.78, 5) is 19.5. The van der Waals surface area contributed by atoms with Gasteiger partial charge in [0.1, 0.15) is 17.7 Å². The number of hydrogen-bond acceptors (Lipinski definition) is 7. The van der Waals surface area contributed by atoms with E-state index in [0.717, 1.165) is 93.4 Å². The van der Waals surface area contributed by atoms with Crippen LogP contribution in [0.4, 0.5) is 10.2 Å². The summed E-state index contributed by atoms with van der Waals surface area (Å²) in [5.74, 6) is -0.308. The fourth-order valence-electron chi connectivity index (χ4n) is 7.72. The van der Waals surface area contributed by atoms with Gasteiger partial charge in [-0.2, -0.15) is 0 Å². The third-order valence-corrected chi connectivity index (χ3v) is 10.2. The topological polar surface area (TPSA) is 93.2 Å². The Morgan fingerprint density at radius 1 is 1.26 bits per heavy atom. The summed E-state index contributed by atoms with van der Waals surface area (Å²) >= 11 is 0.